The Labute approximate surface area is 160 Å². The summed E-state index contributed by atoms with van der Waals surface area (Å²) in [6.45, 7) is 2.44. The van der Waals surface area contributed by atoms with E-state index in [1.165, 1.54) is 11.3 Å². The minimum absolute atomic E-state index is 0.177. The molecule has 140 valence electrons. The number of unbranched alkanes of at least 4 members (excludes halogenated alkanes) is 1. The van der Waals surface area contributed by atoms with Gasteiger partial charge in [0.1, 0.15) is 17.4 Å². The molecule has 0 fully saturated rings. The van der Waals surface area contributed by atoms with Crippen LogP contribution in [0.4, 0.5) is 13.9 Å². The zero-order valence-corrected chi connectivity index (χ0v) is 15.6. The highest BCUT2D eigenvalue weighted by atomic mass is 32.1. The van der Waals surface area contributed by atoms with E-state index in [2.05, 4.69) is 15.5 Å². The molecule has 27 heavy (non-hydrogen) atoms. The van der Waals surface area contributed by atoms with Gasteiger partial charge >= 0.3 is 0 Å². The van der Waals surface area contributed by atoms with Gasteiger partial charge in [0.25, 0.3) is 0 Å². The van der Waals surface area contributed by atoms with Crippen LogP contribution in [0.15, 0.2) is 52.9 Å². The van der Waals surface area contributed by atoms with Gasteiger partial charge in [0, 0.05) is 23.1 Å². The Morgan fingerprint density at radius 2 is 1.93 bits per heavy atom. The van der Waals surface area contributed by atoms with Crippen LogP contribution in [0, 0.1) is 11.6 Å². The van der Waals surface area contributed by atoms with Crippen molar-refractivity contribution in [3.63, 3.8) is 0 Å². The van der Waals surface area contributed by atoms with Crippen molar-refractivity contribution in [1.29, 1.82) is 0 Å². The average Bonchev–Trinajstić information content (AvgIpc) is 3.14. The lowest BCUT2D eigenvalue weighted by molar-refractivity contribution is 0.306. The number of nitrogens with one attached hydrogen (secondary N) is 1. The van der Waals surface area contributed by atoms with Gasteiger partial charge in [-0.1, -0.05) is 43.7 Å². The Kier molecular flexibility index (Phi) is 6.49. The zero-order chi connectivity index (χ0) is 19.1. The molecular formula is C20H19F2N3OS. The van der Waals surface area contributed by atoms with Gasteiger partial charge in [-0.05, 0) is 6.42 Å². The van der Waals surface area contributed by atoms with Gasteiger partial charge in [-0.25, -0.2) is 13.8 Å². The zero-order valence-electron chi connectivity index (χ0n) is 14.8. The van der Waals surface area contributed by atoms with Gasteiger partial charge in [-0.15, -0.1) is 11.3 Å². The predicted molar refractivity (Wildman–Crippen MR) is 106 cm³/mol. The fraction of sp³-hybridized carbons (Fsp3) is 0.200. The van der Waals surface area contributed by atoms with Crippen molar-refractivity contribution >= 4 is 22.7 Å². The number of thiazole rings is 1. The van der Waals surface area contributed by atoms with Crippen molar-refractivity contribution in [2.45, 2.75) is 19.8 Å². The Morgan fingerprint density at radius 3 is 2.63 bits per heavy atom. The topological polar surface area (TPSA) is 46.5 Å². The molecule has 0 spiro atoms. The van der Waals surface area contributed by atoms with E-state index in [-0.39, 0.29) is 11.3 Å². The number of rotatable bonds is 8. The van der Waals surface area contributed by atoms with Crippen molar-refractivity contribution in [2.24, 2.45) is 5.10 Å². The first-order valence-electron chi connectivity index (χ1n) is 8.59. The molecule has 3 rings (SSSR count). The van der Waals surface area contributed by atoms with Crippen molar-refractivity contribution in [2.75, 3.05) is 12.0 Å². The minimum atomic E-state index is -0.726. The molecule has 1 heterocycles. The first-order chi connectivity index (χ1) is 13.2. The van der Waals surface area contributed by atoms with Crippen LogP contribution in [0.25, 0.3) is 11.3 Å². The molecule has 0 amide bonds. The van der Waals surface area contributed by atoms with Gasteiger partial charge in [-0.2, -0.15) is 5.10 Å². The lowest BCUT2D eigenvalue weighted by Gasteiger charge is -2.07. The fourth-order valence-electron chi connectivity index (χ4n) is 2.32. The van der Waals surface area contributed by atoms with Crippen LogP contribution >= 0.6 is 11.3 Å². The summed E-state index contributed by atoms with van der Waals surface area (Å²) < 4.78 is 33.6. The van der Waals surface area contributed by atoms with Gasteiger partial charge in [-0.3, -0.25) is 5.43 Å². The monoisotopic (exact) mass is 387 g/mol. The molecule has 1 N–H and O–H groups in total. The predicted octanol–water partition coefficient (Wildman–Crippen LogP) is 5.71. The molecule has 0 saturated carbocycles. The number of halogens is 2. The van der Waals surface area contributed by atoms with Crippen molar-refractivity contribution < 1.29 is 13.5 Å². The van der Waals surface area contributed by atoms with E-state index in [0.29, 0.717) is 11.7 Å². The largest absolute Gasteiger partial charge is 0.493 e. The van der Waals surface area contributed by atoms with Crippen molar-refractivity contribution in [3.8, 4) is 17.0 Å². The summed E-state index contributed by atoms with van der Waals surface area (Å²) in [6, 6.07) is 12.0. The maximum absolute atomic E-state index is 14.1. The molecule has 4 nitrogen and oxygen atoms in total. The number of anilines is 1. The van der Waals surface area contributed by atoms with E-state index in [1.807, 2.05) is 42.6 Å². The normalized spacial score (nSPS) is 11.1. The highest BCUT2D eigenvalue weighted by molar-refractivity contribution is 7.14. The Bertz CT molecular complexity index is 890. The third-order valence-electron chi connectivity index (χ3n) is 3.75. The first kappa shape index (κ1) is 19.0. The van der Waals surface area contributed by atoms with Gasteiger partial charge < -0.3 is 4.74 Å². The standard InChI is InChI=1S/C20H19F2N3OS/c1-2-3-9-26-15-10-17(21)16(18(22)11-15)12-23-25-20-24-19(13-27-20)14-7-5-4-6-8-14/h4-8,10-13H,2-3,9H2,1H3,(H,24,25). The van der Waals surface area contributed by atoms with E-state index in [1.54, 1.807) is 0 Å². The Hall–Kier alpha value is -2.80. The maximum Gasteiger partial charge on any atom is 0.203 e. The number of aromatic nitrogens is 1. The minimum Gasteiger partial charge on any atom is -0.493 e. The van der Waals surface area contributed by atoms with Crippen LogP contribution in [0.3, 0.4) is 0 Å². The number of benzene rings is 2. The summed E-state index contributed by atoms with van der Waals surface area (Å²) in [5, 5.41) is 6.32. The summed E-state index contributed by atoms with van der Waals surface area (Å²) in [5.74, 6) is -1.27. The van der Waals surface area contributed by atoms with Crippen molar-refractivity contribution in [3.05, 3.63) is 65.0 Å². The van der Waals surface area contributed by atoms with E-state index < -0.39 is 11.6 Å². The molecular weight excluding hydrogens is 368 g/mol. The molecule has 1 aromatic heterocycles. The molecule has 0 atom stereocenters. The van der Waals surface area contributed by atoms with E-state index in [9.17, 15) is 8.78 Å². The quantitative estimate of drug-likeness (QED) is 0.306. The smallest absolute Gasteiger partial charge is 0.203 e. The second-order valence-corrected chi connectivity index (χ2v) is 6.63. The first-order valence-corrected chi connectivity index (χ1v) is 9.47. The highest BCUT2D eigenvalue weighted by Gasteiger charge is 2.10. The molecule has 7 heteroatoms. The maximum atomic E-state index is 14.1. The molecule has 0 radical (unpaired) electrons. The lowest BCUT2D eigenvalue weighted by atomic mass is 10.2. The second-order valence-electron chi connectivity index (χ2n) is 5.78. The van der Waals surface area contributed by atoms with E-state index in [0.717, 1.165) is 42.4 Å². The summed E-state index contributed by atoms with van der Waals surface area (Å²) in [4.78, 5) is 4.40. The molecule has 0 saturated heterocycles. The number of hydrogen-bond donors (Lipinski definition) is 1. The summed E-state index contributed by atoms with van der Waals surface area (Å²) in [6.07, 6.45) is 2.88. The summed E-state index contributed by atoms with van der Waals surface area (Å²) in [7, 11) is 0. The highest BCUT2D eigenvalue weighted by Crippen LogP contribution is 2.25. The molecule has 0 bridgehead atoms. The summed E-state index contributed by atoms with van der Waals surface area (Å²) >= 11 is 1.36. The molecule has 3 aromatic rings. The third-order valence-corrected chi connectivity index (χ3v) is 4.49. The molecule has 0 unspecified atom stereocenters. The van der Waals surface area contributed by atoms with E-state index >= 15 is 0 Å². The average molecular weight is 387 g/mol. The number of hydrogen-bond acceptors (Lipinski definition) is 5. The van der Waals surface area contributed by atoms with E-state index in [4.69, 9.17) is 4.74 Å². The van der Waals surface area contributed by atoms with Crippen LogP contribution < -0.4 is 10.2 Å². The lowest BCUT2D eigenvalue weighted by Crippen LogP contribution is -2.01. The second kappa shape index (κ2) is 9.23. The molecule has 0 aliphatic rings. The van der Waals surface area contributed by atoms with Crippen molar-refractivity contribution in [1.82, 2.24) is 4.98 Å². The van der Waals surface area contributed by atoms with Crippen LogP contribution in [0.1, 0.15) is 25.3 Å². The Balaban J connectivity index is 1.65. The molecule has 2 aromatic carbocycles. The Morgan fingerprint density at radius 1 is 1.19 bits per heavy atom. The molecule has 0 aliphatic carbocycles. The summed E-state index contributed by atoms with van der Waals surface area (Å²) in [5.41, 5.74) is 4.27. The number of hydrazone groups is 1. The molecule has 0 aliphatic heterocycles. The number of nitrogens with zero attached hydrogens (tertiary/aromatic N) is 2. The number of ether oxygens (including phenoxy) is 1. The fourth-order valence-corrected chi connectivity index (χ4v) is 2.99. The third kappa shape index (κ3) is 5.10. The van der Waals surface area contributed by atoms with Gasteiger partial charge in [0.2, 0.25) is 5.13 Å². The van der Waals surface area contributed by atoms with Gasteiger partial charge in [0.15, 0.2) is 0 Å². The van der Waals surface area contributed by atoms with Crippen LogP contribution in [-0.2, 0) is 0 Å². The van der Waals surface area contributed by atoms with Crippen LogP contribution in [-0.4, -0.2) is 17.8 Å². The SMILES string of the molecule is CCCCOc1cc(F)c(C=NNc2nc(-c3ccccc3)cs2)c(F)c1. The van der Waals surface area contributed by atoms with Crippen LogP contribution in [0.2, 0.25) is 0 Å². The van der Waals surface area contributed by atoms with Crippen LogP contribution in [0.5, 0.6) is 5.75 Å². The van der Waals surface area contributed by atoms with Gasteiger partial charge in [0.05, 0.1) is 24.1 Å².